The highest BCUT2D eigenvalue weighted by Gasteiger charge is 2.40. The molecule has 1 unspecified atom stereocenters. The number of carbonyl (C=O) groups is 1. The number of hydrogen-bond acceptors (Lipinski definition) is 4. The SMILES string of the molecule is CSC1(CNS(=O)(=O)N2CCCCC2C(=O)O)CCC1. The molecule has 6 nitrogen and oxygen atoms in total. The number of nitrogens with one attached hydrogen (secondary N) is 1. The van der Waals surface area contributed by atoms with Crippen LogP contribution in [0.1, 0.15) is 38.5 Å². The average molecular weight is 322 g/mol. The first-order chi connectivity index (χ1) is 9.40. The molecule has 2 aliphatic rings. The summed E-state index contributed by atoms with van der Waals surface area (Å²) in [7, 11) is -3.71. The summed E-state index contributed by atoms with van der Waals surface area (Å²) >= 11 is 1.69. The van der Waals surface area contributed by atoms with E-state index >= 15 is 0 Å². The summed E-state index contributed by atoms with van der Waals surface area (Å²) in [5.74, 6) is -1.06. The van der Waals surface area contributed by atoms with E-state index in [-0.39, 0.29) is 4.75 Å². The van der Waals surface area contributed by atoms with Crippen LogP contribution < -0.4 is 4.72 Å². The number of hydrogen-bond donors (Lipinski definition) is 2. The molecular weight excluding hydrogens is 300 g/mol. The van der Waals surface area contributed by atoms with E-state index in [1.807, 2.05) is 6.26 Å². The molecule has 0 radical (unpaired) electrons. The maximum absolute atomic E-state index is 12.3. The predicted octanol–water partition coefficient (Wildman–Crippen LogP) is 1.05. The minimum absolute atomic E-state index is 0.00156. The molecule has 1 atom stereocenters. The van der Waals surface area contributed by atoms with E-state index in [2.05, 4.69) is 4.72 Å². The number of thioether (sulfide) groups is 1. The van der Waals surface area contributed by atoms with Crippen molar-refractivity contribution in [1.29, 1.82) is 0 Å². The van der Waals surface area contributed by atoms with Crippen LogP contribution in [-0.4, -0.2) is 53.9 Å². The van der Waals surface area contributed by atoms with Gasteiger partial charge in [0.1, 0.15) is 6.04 Å². The Morgan fingerprint density at radius 1 is 1.40 bits per heavy atom. The van der Waals surface area contributed by atoms with Crippen molar-refractivity contribution in [2.24, 2.45) is 0 Å². The summed E-state index contributed by atoms with van der Waals surface area (Å²) in [6.07, 6.45) is 7.02. The minimum atomic E-state index is -3.71. The van der Waals surface area contributed by atoms with E-state index in [0.29, 0.717) is 19.5 Å². The maximum atomic E-state index is 12.3. The molecule has 2 rings (SSSR count). The number of piperidine rings is 1. The van der Waals surface area contributed by atoms with Gasteiger partial charge in [0.25, 0.3) is 10.2 Å². The summed E-state index contributed by atoms with van der Waals surface area (Å²) in [5.41, 5.74) is 0. The van der Waals surface area contributed by atoms with Gasteiger partial charge in [-0.05, 0) is 38.4 Å². The van der Waals surface area contributed by atoms with Crippen molar-refractivity contribution >= 4 is 27.9 Å². The van der Waals surface area contributed by atoms with Gasteiger partial charge in [-0.25, -0.2) is 4.72 Å². The van der Waals surface area contributed by atoms with Crippen molar-refractivity contribution in [3.63, 3.8) is 0 Å². The first-order valence-corrected chi connectivity index (χ1v) is 9.61. The third-order valence-corrected chi connectivity index (χ3v) is 7.30. The first-order valence-electron chi connectivity index (χ1n) is 6.95. The highest BCUT2D eigenvalue weighted by Crippen LogP contribution is 2.42. The number of rotatable bonds is 6. The quantitative estimate of drug-likeness (QED) is 0.763. The summed E-state index contributed by atoms with van der Waals surface area (Å²) in [6, 6.07) is -0.923. The lowest BCUT2D eigenvalue weighted by molar-refractivity contribution is -0.142. The largest absolute Gasteiger partial charge is 0.480 e. The van der Waals surface area contributed by atoms with Crippen molar-refractivity contribution in [3.8, 4) is 0 Å². The van der Waals surface area contributed by atoms with E-state index in [9.17, 15) is 13.2 Å². The van der Waals surface area contributed by atoms with Crippen LogP contribution in [0.25, 0.3) is 0 Å². The molecule has 116 valence electrons. The molecule has 1 saturated heterocycles. The number of carboxylic acid groups (broad SMARTS) is 1. The lowest BCUT2D eigenvalue weighted by atomic mass is 9.84. The van der Waals surface area contributed by atoms with Gasteiger partial charge in [0.15, 0.2) is 0 Å². The Labute approximate surface area is 124 Å². The van der Waals surface area contributed by atoms with Crippen molar-refractivity contribution < 1.29 is 18.3 Å². The van der Waals surface area contributed by atoms with Crippen molar-refractivity contribution in [3.05, 3.63) is 0 Å². The molecular formula is C12H22N2O4S2. The zero-order chi connectivity index (χ0) is 14.8. The van der Waals surface area contributed by atoms with Crippen LogP contribution in [0, 0.1) is 0 Å². The molecule has 8 heteroatoms. The molecule has 1 aliphatic heterocycles. The Bertz CT molecular complexity index is 457. The molecule has 0 spiro atoms. The van der Waals surface area contributed by atoms with Crippen LogP contribution >= 0.6 is 11.8 Å². The van der Waals surface area contributed by atoms with Gasteiger partial charge in [0, 0.05) is 17.8 Å². The Balaban J connectivity index is 2.02. The van der Waals surface area contributed by atoms with Crippen LogP contribution in [-0.2, 0) is 15.0 Å². The predicted molar refractivity (Wildman–Crippen MR) is 79.0 cm³/mol. The monoisotopic (exact) mass is 322 g/mol. The molecule has 1 aliphatic carbocycles. The third kappa shape index (κ3) is 3.29. The van der Waals surface area contributed by atoms with E-state index in [4.69, 9.17) is 5.11 Å². The molecule has 2 N–H and O–H groups in total. The second-order valence-electron chi connectivity index (χ2n) is 5.53. The fourth-order valence-electron chi connectivity index (χ4n) is 2.77. The maximum Gasteiger partial charge on any atom is 0.322 e. The highest BCUT2D eigenvalue weighted by atomic mass is 32.2. The molecule has 1 saturated carbocycles. The topological polar surface area (TPSA) is 86.7 Å². The average Bonchev–Trinajstić information content (AvgIpc) is 2.38. The fourth-order valence-corrected chi connectivity index (χ4v) is 5.30. The van der Waals surface area contributed by atoms with Gasteiger partial charge in [-0.15, -0.1) is 0 Å². The number of carboxylic acids is 1. The molecule has 0 aromatic carbocycles. The minimum Gasteiger partial charge on any atom is -0.480 e. The summed E-state index contributed by atoms with van der Waals surface area (Å²) in [5, 5.41) is 9.17. The Morgan fingerprint density at radius 3 is 2.60 bits per heavy atom. The Kier molecular flexibility index (Phi) is 4.99. The third-order valence-electron chi connectivity index (χ3n) is 4.32. The van der Waals surface area contributed by atoms with Gasteiger partial charge in [0.05, 0.1) is 0 Å². The molecule has 0 aromatic heterocycles. The fraction of sp³-hybridized carbons (Fsp3) is 0.917. The van der Waals surface area contributed by atoms with Gasteiger partial charge in [-0.2, -0.15) is 24.5 Å². The Hall–Kier alpha value is -0.310. The van der Waals surface area contributed by atoms with Crippen LogP contribution in [0.2, 0.25) is 0 Å². The first kappa shape index (κ1) is 16.1. The zero-order valence-electron chi connectivity index (χ0n) is 11.7. The van der Waals surface area contributed by atoms with Crippen molar-refractivity contribution in [1.82, 2.24) is 9.03 Å². The van der Waals surface area contributed by atoms with Crippen LogP contribution in [0.4, 0.5) is 0 Å². The lowest BCUT2D eigenvalue weighted by Gasteiger charge is -2.41. The second-order valence-corrected chi connectivity index (χ2v) is 8.51. The summed E-state index contributed by atoms with van der Waals surface area (Å²) in [6.45, 7) is 0.678. The van der Waals surface area contributed by atoms with Crippen LogP contribution in [0.15, 0.2) is 0 Å². The lowest BCUT2D eigenvalue weighted by Crippen LogP contribution is -2.55. The van der Waals surface area contributed by atoms with Gasteiger partial charge in [-0.1, -0.05) is 6.42 Å². The molecule has 2 fully saturated rings. The standard InChI is InChI=1S/C12H22N2O4S2/c1-19-12(6-4-7-12)9-13-20(17,18)14-8-3-2-5-10(14)11(15)16/h10,13H,2-9H2,1H3,(H,15,16). The molecule has 1 heterocycles. The van der Waals surface area contributed by atoms with E-state index < -0.39 is 22.2 Å². The van der Waals surface area contributed by atoms with Gasteiger partial charge in [0.2, 0.25) is 0 Å². The molecule has 0 aromatic rings. The summed E-state index contributed by atoms with van der Waals surface area (Å²) in [4.78, 5) is 11.2. The van der Waals surface area contributed by atoms with Crippen molar-refractivity contribution in [2.75, 3.05) is 19.3 Å². The van der Waals surface area contributed by atoms with Crippen LogP contribution in [0.3, 0.4) is 0 Å². The molecule has 0 amide bonds. The van der Waals surface area contributed by atoms with Crippen LogP contribution in [0.5, 0.6) is 0 Å². The van der Waals surface area contributed by atoms with Gasteiger partial charge < -0.3 is 5.11 Å². The smallest absolute Gasteiger partial charge is 0.322 e. The summed E-state index contributed by atoms with van der Waals surface area (Å²) < 4.78 is 28.4. The number of nitrogens with zero attached hydrogens (tertiary/aromatic N) is 1. The highest BCUT2D eigenvalue weighted by molar-refractivity contribution is 8.00. The molecule has 0 bridgehead atoms. The number of aliphatic carboxylic acids is 1. The molecule has 20 heavy (non-hydrogen) atoms. The Morgan fingerprint density at radius 2 is 2.10 bits per heavy atom. The van der Waals surface area contributed by atoms with Crippen molar-refractivity contribution in [2.45, 2.75) is 49.3 Å². The van der Waals surface area contributed by atoms with Gasteiger partial charge >= 0.3 is 5.97 Å². The second kappa shape index (κ2) is 6.21. The van der Waals surface area contributed by atoms with Gasteiger partial charge in [-0.3, -0.25) is 4.79 Å². The van der Waals surface area contributed by atoms with E-state index in [1.165, 1.54) is 0 Å². The van der Waals surface area contributed by atoms with E-state index in [0.717, 1.165) is 36.4 Å². The van der Waals surface area contributed by atoms with E-state index in [1.54, 1.807) is 11.8 Å². The zero-order valence-corrected chi connectivity index (χ0v) is 13.3. The normalized spacial score (nSPS) is 26.9.